The van der Waals surface area contributed by atoms with Crippen LogP contribution in [0.5, 0.6) is 0 Å². The van der Waals surface area contributed by atoms with Gasteiger partial charge in [-0.25, -0.2) is 0 Å². The van der Waals surface area contributed by atoms with Crippen LogP contribution in [0, 0.1) is 11.8 Å². The summed E-state index contributed by atoms with van der Waals surface area (Å²) in [5, 5.41) is 42.0. The number of rotatable bonds is 47. The Labute approximate surface area is 519 Å². The number of Topliss-reactive ketones (excluding diaryl/α,β-unsaturated/α-hetero) is 1. The minimum Gasteiger partial charge on any atom is -0.481 e. The van der Waals surface area contributed by atoms with Crippen LogP contribution in [0.15, 0.2) is 35.3 Å². The van der Waals surface area contributed by atoms with Crippen LogP contribution in [0.3, 0.4) is 0 Å². The van der Waals surface area contributed by atoms with Crippen molar-refractivity contribution in [1.29, 1.82) is 0 Å². The molecule has 0 fully saturated rings. The van der Waals surface area contributed by atoms with Crippen molar-refractivity contribution in [2.45, 2.75) is 135 Å². The molecular weight excluding hydrogens is 1170 g/mol. The first-order chi connectivity index (χ1) is 41.7. The highest BCUT2D eigenvalue weighted by Gasteiger charge is 2.33. The molecule has 0 saturated carbocycles. The largest absolute Gasteiger partial charge is 0.481 e. The molecule has 1 aromatic rings. The summed E-state index contributed by atoms with van der Waals surface area (Å²) < 4.78 is 21.2. The summed E-state index contributed by atoms with van der Waals surface area (Å²) in [5.74, 6) is -6.85. The van der Waals surface area contributed by atoms with Crippen molar-refractivity contribution in [3.8, 4) is 0 Å². The van der Waals surface area contributed by atoms with E-state index in [-0.39, 0.29) is 69.0 Å². The molecule has 88 heavy (non-hydrogen) atoms. The van der Waals surface area contributed by atoms with Crippen molar-refractivity contribution in [2.75, 3.05) is 98.2 Å². The van der Waals surface area contributed by atoms with E-state index in [1.807, 2.05) is 34.0 Å². The Balaban J connectivity index is 0.00000206. The van der Waals surface area contributed by atoms with Crippen LogP contribution in [0.25, 0.3) is 0 Å². The first-order valence-corrected chi connectivity index (χ1v) is 30.4. The number of aliphatic imine (C=N–C) groups is 1. The van der Waals surface area contributed by atoms with Crippen LogP contribution < -0.4 is 70.8 Å². The zero-order valence-corrected chi connectivity index (χ0v) is 52.8. The minimum atomic E-state index is -1.44. The van der Waals surface area contributed by atoms with Gasteiger partial charge in [-0.2, -0.15) is 11.8 Å². The lowest BCUT2D eigenvalue weighted by Gasteiger charge is -2.25. The number of thioether (sulfide) groups is 1. The number of primary amides is 1. The average Bonchev–Trinajstić information content (AvgIpc) is 2.26. The Morgan fingerprint density at radius 2 is 1.10 bits per heavy atom. The van der Waals surface area contributed by atoms with Gasteiger partial charge >= 0.3 is 5.97 Å². The molecule has 9 amide bonds. The van der Waals surface area contributed by atoms with Gasteiger partial charge in [-0.05, 0) is 82.4 Å². The zero-order chi connectivity index (χ0) is 66.6. The highest BCUT2D eigenvalue weighted by molar-refractivity contribution is 7.98. The van der Waals surface area contributed by atoms with Crippen LogP contribution in [-0.2, 0) is 78.1 Å². The number of carboxylic acid groups (broad SMARTS) is 1. The quantitative estimate of drug-likeness (QED) is 0.0167. The number of aliphatic carboxylic acids is 1. The lowest BCUT2D eigenvalue weighted by Crippen LogP contribution is -2.59. The Bertz CT molecular complexity index is 2320. The number of hydrogen-bond donors (Lipinski definition) is 15. The number of benzene rings is 1. The molecule has 32 heteroatoms. The molecule has 1 rings (SSSR count). The van der Waals surface area contributed by atoms with Crippen molar-refractivity contribution in [3.63, 3.8) is 0 Å². The molecule has 0 saturated heterocycles. The van der Waals surface area contributed by atoms with E-state index in [0.717, 1.165) is 0 Å². The number of carboxylic acids is 1. The Hall–Kier alpha value is -7.07. The number of nitrogens with one attached hydrogen (secondary N) is 9. The van der Waals surface area contributed by atoms with Gasteiger partial charge in [0.15, 0.2) is 11.7 Å². The topological polar surface area (TPSA) is 490 Å². The van der Waals surface area contributed by atoms with E-state index in [2.05, 4.69) is 52.8 Å². The van der Waals surface area contributed by atoms with Crippen molar-refractivity contribution >= 4 is 82.6 Å². The van der Waals surface area contributed by atoms with Crippen molar-refractivity contribution in [1.82, 2.24) is 47.9 Å². The van der Waals surface area contributed by atoms with Crippen molar-refractivity contribution in [2.24, 2.45) is 39.8 Å². The van der Waals surface area contributed by atoms with Crippen LogP contribution in [0.1, 0.15) is 85.6 Å². The van der Waals surface area contributed by atoms with Gasteiger partial charge in [-0.15, -0.1) is 0 Å². The SMILES string of the molecule is CN[C@@H](CC(=O)O)C(=O)N[C@@H](CC(C)C)C(=O)N[C@@H](C)C(=O)N[C@@H](CC(C)C)C(N)=O.CSCC[C@H](NC(=O)[C@H](CO)NC(=O)[C@H](CCCN=C(N)N)NC(=O)[C@H](Cc1ccccc1)NC(=O)COCC(=O)NCCOCCOCCOCCN)C(C)=O. The summed E-state index contributed by atoms with van der Waals surface area (Å²) in [7, 11) is 1.45. The first kappa shape index (κ1) is 80.9. The van der Waals surface area contributed by atoms with Gasteiger partial charge in [0.05, 0.1) is 64.8 Å². The summed E-state index contributed by atoms with van der Waals surface area (Å²) in [5.41, 5.74) is 22.2. The summed E-state index contributed by atoms with van der Waals surface area (Å²) in [6.45, 7) is 11.5. The van der Waals surface area contributed by atoms with Gasteiger partial charge in [0.25, 0.3) is 0 Å². The fourth-order valence-corrected chi connectivity index (χ4v) is 8.21. The fraction of sp³-hybridized carbons (Fsp3) is 0.679. The van der Waals surface area contributed by atoms with Crippen LogP contribution in [-0.4, -0.2) is 228 Å². The maximum Gasteiger partial charge on any atom is 0.305 e. The monoisotopic (exact) mass is 1270 g/mol. The van der Waals surface area contributed by atoms with Gasteiger partial charge in [-0.1, -0.05) is 58.0 Å². The zero-order valence-electron chi connectivity index (χ0n) is 52.0. The van der Waals surface area contributed by atoms with Crippen LogP contribution in [0.2, 0.25) is 0 Å². The Kier molecular flexibility index (Phi) is 44.1. The molecular formula is C56H98N14O17S. The number of aliphatic hydroxyl groups excluding tert-OH is 1. The minimum absolute atomic E-state index is 0.00596. The number of ketones is 1. The number of nitrogens with two attached hydrogens (primary N) is 4. The molecule has 0 heterocycles. The van der Waals surface area contributed by atoms with Crippen LogP contribution in [0.4, 0.5) is 0 Å². The predicted molar refractivity (Wildman–Crippen MR) is 329 cm³/mol. The standard InChI is InChI=1S/C36H61N9O11S.C20H37N5O6/c1-25(47)27(10-20-57-2)43-35(52)30(22-46)45-33(50)28(9-6-12-41-36(38)39)44-34(51)29(21-26-7-4-3-5-8-26)42-32(49)24-56-23-31(48)40-13-15-54-17-19-55-18-16-53-14-11-37;1-10(2)7-13(17(21)28)24-18(29)12(5)23-20(31)15(8-11(3)4)25-19(30)14(22-6)9-16(26)27/h3-5,7-8,27-30,46H,6,9-24,37H2,1-2H3,(H,40,48)(H,42,49)(H,43,52)(H,44,51)(H,45,50)(H4,38,39,41);10-15,22H,7-9H2,1-6H3,(H2,21,28)(H,23,31)(H,24,29)(H,25,30)(H,26,27)/t27-,28-,29-,30-;12-,13-,14-,15-/m00/s1. The molecule has 0 aromatic heterocycles. The van der Waals surface area contributed by atoms with Crippen molar-refractivity contribution < 1.29 is 81.9 Å². The molecule has 0 spiro atoms. The number of likely N-dealkylation sites (N-methyl/N-ethyl adjacent to an activating group) is 1. The molecule has 0 aliphatic carbocycles. The predicted octanol–water partition coefficient (Wildman–Crippen LogP) is -4.20. The lowest BCUT2D eigenvalue weighted by molar-refractivity contribution is -0.140. The molecule has 500 valence electrons. The highest BCUT2D eigenvalue weighted by atomic mass is 32.2. The van der Waals surface area contributed by atoms with E-state index in [4.69, 9.17) is 47.0 Å². The lowest BCUT2D eigenvalue weighted by atomic mass is 10.0. The number of amides is 9. The van der Waals surface area contributed by atoms with Gasteiger partial charge in [0.2, 0.25) is 53.2 Å². The number of carbonyl (C=O) groups excluding carboxylic acids is 10. The molecule has 0 aliphatic heterocycles. The number of carbonyl (C=O) groups is 11. The number of hydrogen-bond acceptors (Lipinski definition) is 20. The van der Waals surface area contributed by atoms with E-state index in [1.54, 1.807) is 30.3 Å². The summed E-state index contributed by atoms with van der Waals surface area (Å²) in [6.07, 6.45) is 2.67. The van der Waals surface area contributed by atoms with Gasteiger partial charge < -0.3 is 99.9 Å². The van der Waals surface area contributed by atoms with Crippen molar-refractivity contribution in [3.05, 3.63) is 35.9 Å². The van der Waals surface area contributed by atoms with E-state index in [1.165, 1.54) is 32.7 Å². The summed E-state index contributed by atoms with van der Waals surface area (Å²) >= 11 is 1.49. The molecule has 1 aromatic carbocycles. The second kappa shape index (κ2) is 47.9. The van der Waals surface area contributed by atoms with Gasteiger partial charge in [0.1, 0.15) is 49.5 Å². The summed E-state index contributed by atoms with van der Waals surface area (Å²) in [6, 6.07) is 0.272. The Morgan fingerprint density at radius 3 is 1.65 bits per heavy atom. The summed E-state index contributed by atoms with van der Waals surface area (Å²) in [4.78, 5) is 141. The molecule has 0 bridgehead atoms. The number of nitrogens with zero attached hydrogens (tertiary/aromatic N) is 1. The highest BCUT2D eigenvalue weighted by Crippen LogP contribution is 2.10. The molecule has 31 nitrogen and oxygen atoms in total. The third kappa shape index (κ3) is 39.0. The van der Waals surface area contributed by atoms with E-state index >= 15 is 0 Å². The second-order valence-electron chi connectivity index (χ2n) is 20.9. The first-order valence-electron chi connectivity index (χ1n) is 29.0. The molecule has 0 radical (unpaired) electrons. The third-order valence-corrected chi connectivity index (χ3v) is 12.9. The molecule has 0 aliphatic rings. The van der Waals surface area contributed by atoms with Crippen LogP contribution >= 0.6 is 11.8 Å². The number of aliphatic hydroxyl groups is 1. The van der Waals surface area contributed by atoms with E-state index in [9.17, 15) is 57.8 Å². The maximum absolute atomic E-state index is 13.7. The second-order valence-corrected chi connectivity index (χ2v) is 21.9. The van der Waals surface area contributed by atoms with E-state index < -0.39 is 134 Å². The number of guanidine groups is 1. The number of ether oxygens (including phenoxy) is 4. The maximum atomic E-state index is 13.7. The average molecular weight is 1270 g/mol. The van der Waals surface area contributed by atoms with Gasteiger partial charge in [0, 0.05) is 26.1 Å². The normalized spacial score (nSPS) is 13.7. The molecule has 8 atom stereocenters. The molecule has 19 N–H and O–H groups in total. The Morgan fingerprint density at radius 1 is 0.591 bits per heavy atom. The molecule has 0 unspecified atom stereocenters. The fourth-order valence-electron chi connectivity index (χ4n) is 7.74. The van der Waals surface area contributed by atoms with Gasteiger partial charge in [-0.3, -0.25) is 57.7 Å². The smallest absolute Gasteiger partial charge is 0.305 e. The third-order valence-electron chi connectivity index (χ3n) is 12.3. The van der Waals surface area contributed by atoms with E-state index in [0.29, 0.717) is 63.7 Å².